The van der Waals surface area contributed by atoms with E-state index in [0.717, 1.165) is 29.4 Å². The average Bonchev–Trinajstić information content (AvgIpc) is 2.42. The number of aromatic hydroxyl groups is 1. The molecule has 0 aliphatic heterocycles. The van der Waals surface area contributed by atoms with Gasteiger partial charge in [0.05, 0.1) is 6.61 Å². The highest BCUT2D eigenvalue weighted by Gasteiger charge is 2.00. The standard InChI is InChI=1S/C17H20O2S/c1-13-7-8-14(2)17(11-13)19-9-4-10-20-16-6-3-5-15(18)12-16/h3,5-8,11-12,18H,4,9-10H2,1-2H3. The van der Waals surface area contributed by atoms with Crippen LogP contribution in [0.1, 0.15) is 17.5 Å². The van der Waals surface area contributed by atoms with Crippen molar-refractivity contribution in [3.8, 4) is 11.5 Å². The Labute approximate surface area is 124 Å². The number of hydrogen-bond acceptors (Lipinski definition) is 3. The fraction of sp³-hybridized carbons (Fsp3) is 0.294. The van der Waals surface area contributed by atoms with Crippen molar-refractivity contribution in [2.45, 2.75) is 25.2 Å². The van der Waals surface area contributed by atoms with Gasteiger partial charge in [-0.1, -0.05) is 18.2 Å². The van der Waals surface area contributed by atoms with Gasteiger partial charge in [0.15, 0.2) is 0 Å². The van der Waals surface area contributed by atoms with Crippen LogP contribution >= 0.6 is 11.8 Å². The molecule has 2 aromatic carbocycles. The topological polar surface area (TPSA) is 29.5 Å². The zero-order valence-corrected chi connectivity index (χ0v) is 12.7. The maximum absolute atomic E-state index is 9.38. The van der Waals surface area contributed by atoms with E-state index in [1.54, 1.807) is 23.9 Å². The molecule has 0 aliphatic rings. The van der Waals surface area contributed by atoms with Crippen molar-refractivity contribution in [2.24, 2.45) is 0 Å². The predicted octanol–water partition coefficient (Wildman–Crippen LogP) is 4.57. The van der Waals surface area contributed by atoms with Crippen LogP contribution in [0.5, 0.6) is 11.5 Å². The van der Waals surface area contributed by atoms with E-state index in [0.29, 0.717) is 5.75 Å². The quantitative estimate of drug-likeness (QED) is 0.623. The van der Waals surface area contributed by atoms with Crippen molar-refractivity contribution in [3.05, 3.63) is 53.6 Å². The Morgan fingerprint density at radius 2 is 1.95 bits per heavy atom. The number of aryl methyl sites for hydroxylation is 2. The third-order valence-corrected chi connectivity index (χ3v) is 4.06. The zero-order chi connectivity index (χ0) is 14.4. The monoisotopic (exact) mass is 288 g/mol. The van der Waals surface area contributed by atoms with Crippen LogP contribution in [-0.4, -0.2) is 17.5 Å². The van der Waals surface area contributed by atoms with Gasteiger partial charge in [-0.2, -0.15) is 0 Å². The van der Waals surface area contributed by atoms with Crippen molar-refractivity contribution < 1.29 is 9.84 Å². The summed E-state index contributed by atoms with van der Waals surface area (Å²) in [5.41, 5.74) is 2.40. The number of hydrogen-bond donors (Lipinski definition) is 1. The summed E-state index contributed by atoms with van der Waals surface area (Å²) in [6.45, 7) is 4.86. The lowest BCUT2D eigenvalue weighted by Gasteiger charge is -2.09. The Bertz CT molecular complexity index is 567. The van der Waals surface area contributed by atoms with E-state index < -0.39 is 0 Å². The lowest BCUT2D eigenvalue weighted by molar-refractivity contribution is 0.316. The first-order chi connectivity index (χ1) is 9.65. The van der Waals surface area contributed by atoms with E-state index in [4.69, 9.17) is 4.74 Å². The van der Waals surface area contributed by atoms with Gasteiger partial charge in [0.25, 0.3) is 0 Å². The number of phenols is 1. The largest absolute Gasteiger partial charge is 0.508 e. The molecule has 0 radical (unpaired) electrons. The van der Waals surface area contributed by atoms with Crippen LogP contribution in [0.15, 0.2) is 47.4 Å². The molecule has 0 aliphatic carbocycles. The van der Waals surface area contributed by atoms with Gasteiger partial charge >= 0.3 is 0 Å². The molecule has 2 aromatic rings. The fourth-order valence-electron chi connectivity index (χ4n) is 1.87. The molecule has 0 saturated heterocycles. The van der Waals surface area contributed by atoms with Crippen LogP contribution in [0.3, 0.4) is 0 Å². The molecule has 0 aromatic heterocycles. The molecule has 2 nitrogen and oxygen atoms in total. The molecule has 0 heterocycles. The molecule has 20 heavy (non-hydrogen) atoms. The lowest BCUT2D eigenvalue weighted by Crippen LogP contribution is -2.00. The summed E-state index contributed by atoms with van der Waals surface area (Å²) in [4.78, 5) is 1.09. The minimum Gasteiger partial charge on any atom is -0.508 e. The maximum atomic E-state index is 9.38. The molecule has 0 unspecified atom stereocenters. The second-order valence-corrected chi connectivity index (χ2v) is 5.99. The van der Waals surface area contributed by atoms with E-state index in [9.17, 15) is 5.11 Å². The Balaban J connectivity index is 1.73. The molecule has 0 amide bonds. The molecule has 0 fully saturated rings. The maximum Gasteiger partial charge on any atom is 0.122 e. The second-order valence-electron chi connectivity index (χ2n) is 4.82. The second kappa shape index (κ2) is 7.25. The van der Waals surface area contributed by atoms with Crippen LogP contribution in [0.25, 0.3) is 0 Å². The highest BCUT2D eigenvalue weighted by atomic mass is 32.2. The molecule has 106 valence electrons. The van der Waals surface area contributed by atoms with Gasteiger partial charge in [0, 0.05) is 10.6 Å². The van der Waals surface area contributed by atoms with Gasteiger partial charge in [-0.25, -0.2) is 0 Å². The number of rotatable bonds is 6. The van der Waals surface area contributed by atoms with Crippen molar-refractivity contribution in [1.29, 1.82) is 0 Å². The molecule has 2 rings (SSSR count). The van der Waals surface area contributed by atoms with Gasteiger partial charge in [0.1, 0.15) is 11.5 Å². The number of phenolic OH excluding ortho intramolecular Hbond substituents is 1. The highest BCUT2D eigenvalue weighted by molar-refractivity contribution is 7.99. The first kappa shape index (κ1) is 14.8. The molecule has 0 bridgehead atoms. The fourth-order valence-corrected chi connectivity index (χ4v) is 2.74. The Hall–Kier alpha value is -1.61. The smallest absolute Gasteiger partial charge is 0.122 e. The molecular weight excluding hydrogens is 268 g/mol. The number of thioether (sulfide) groups is 1. The summed E-state index contributed by atoms with van der Waals surface area (Å²) in [5.74, 6) is 2.28. The van der Waals surface area contributed by atoms with Crippen molar-refractivity contribution in [1.82, 2.24) is 0 Å². The normalized spacial score (nSPS) is 10.5. The third-order valence-electron chi connectivity index (χ3n) is 2.98. The third kappa shape index (κ3) is 4.49. The van der Waals surface area contributed by atoms with E-state index in [1.807, 2.05) is 12.1 Å². The molecule has 0 atom stereocenters. The SMILES string of the molecule is Cc1ccc(C)c(OCCCSc2cccc(O)c2)c1. The Morgan fingerprint density at radius 3 is 2.75 bits per heavy atom. The van der Waals surface area contributed by atoms with Crippen molar-refractivity contribution >= 4 is 11.8 Å². The summed E-state index contributed by atoms with van der Waals surface area (Å²) in [7, 11) is 0. The highest BCUT2D eigenvalue weighted by Crippen LogP contribution is 2.23. The summed E-state index contributed by atoms with van der Waals surface area (Å²) in [5, 5.41) is 9.38. The average molecular weight is 288 g/mol. The summed E-state index contributed by atoms with van der Waals surface area (Å²) in [6.07, 6.45) is 0.980. The Kier molecular flexibility index (Phi) is 5.36. The van der Waals surface area contributed by atoms with Gasteiger partial charge in [-0.05, 0) is 55.7 Å². The van der Waals surface area contributed by atoms with Crippen LogP contribution in [0.2, 0.25) is 0 Å². The van der Waals surface area contributed by atoms with E-state index in [2.05, 4.69) is 32.0 Å². The summed E-state index contributed by atoms with van der Waals surface area (Å²) >= 11 is 1.74. The van der Waals surface area contributed by atoms with Crippen LogP contribution < -0.4 is 4.74 Å². The molecule has 3 heteroatoms. The lowest BCUT2D eigenvalue weighted by atomic mass is 10.1. The van der Waals surface area contributed by atoms with Gasteiger partial charge < -0.3 is 9.84 Å². The van der Waals surface area contributed by atoms with E-state index in [1.165, 1.54) is 11.1 Å². The van der Waals surface area contributed by atoms with E-state index >= 15 is 0 Å². The van der Waals surface area contributed by atoms with Crippen molar-refractivity contribution in [2.75, 3.05) is 12.4 Å². The van der Waals surface area contributed by atoms with Crippen LogP contribution in [0.4, 0.5) is 0 Å². The molecule has 0 spiro atoms. The first-order valence-corrected chi connectivity index (χ1v) is 7.75. The molecule has 1 N–H and O–H groups in total. The number of benzene rings is 2. The van der Waals surface area contributed by atoms with E-state index in [-0.39, 0.29) is 0 Å². The van der Waals surface area contributed by atoms with Gasteiger partial charge in [0.2, 0.25) is 0 Å². The minimum atomic E-state index is 0.321. The van der Waals surface area contributed by atoms with Crippen LogP contribution in [0, 0.1) is 13.8 Å². The van der Waals surface area contributed by atoms with Crippen LogP contribution in [-0.2, 0) is 0 Å². The Morgan fingerprint density at radius 1 is 1.10 bits per heavy atom. The van der Waals surface area contributed by atoms with Gasteiger partial charge in [-0.3, -0.25) is 0 Å². The summed E-state index contributed by atoms with van der Waals surface area (Å²) in [6, 6.07) is 13.6. The van der Waals surface area contributed by atoms with Gasteiger partial charge in [-0.15, -0.1) is 11.8 Å². The minimum absolute atomic E-state index is 0.321. The van der Waals surface area contributed by atoms with Crippen molar-refractivity contribution in [3.63, 3.8) is 0 Å². The first-order valence-electron chi connectivity index (χ1n) is 6.77. The molecule has 0 saturated carbocycles. The summed E-state index contributed by atoms with van der Waals surface area (Å²) < 4.78 is 5.82. The predicted molar refractivity (Wildman–Crippen MR) is 84.9 cm³/mol. The zero-order valence-electron chi connectivity index (χ0n) is 11.9. The number of ether oxygens (including phenoxy) is 1. The molecular formula is C17H20O2S.